The first-order valence-electron chi connectivity index (χ1n) is 7.80. The second kappa shape index (κ2) is 8.03. The molecule has 0 aliphatic rings. The number of amides is 1. The lowest BCUT2D eigenvalue weighted by atomic mass is 10.0. The van der Waals surface area contributed by atoms with Gasteiger partial charge in [-0.15, -0.1) is 0 Å². The summed E-state index contributed by atoms with van der Waals surface area (Å²) in [5, 5.41) is 15.1. The average Bonchev–Trinajstić information content (AvgIpc) is 2.99. The quantitative estimate of drug-likeness (QED) is 0.731. The molecule has 0 saturated heterocycles. The van der Waals surface area contributed by atoms with Crippen molar-refractivity contribution in [1.82, 2.24) is 10.5 Å². The van der Waals surface area contributed by atoms with Gasteiger partial charge in [-0.2, -0.15) is 0 Å². The van der Waals surface area contributed by atoms with E-state index in [4.69, 9.17) is 4.52 Å². The summed E-state index contributed by atoms with van der Waals surface area (Å²) in [5.74, 6) is -6.68. The summed E-state index contributed by atoms with van der Waals surface area (Å²) in [7, 11) is 0. The third-order valence-corrected chi connectivity index (χ3v) is 3.49. The van der Waals surface area contributed by atoms with Crippen LogP contribution in [0, 0.1) is 23.4 Å². The molecular formula is C17H17F3N2O4. The summed E-state index contributed by atoms with van der Waals surface area (Å²) in [6.07, 6.45) is 0.134. The molecule has 2 rings (SSSR count). The minimum Gasteiger partial charge on any atom is -0.480 e. The molecule has 0 aliphatic carbocycles. The smallest absolute Gasteiger partial charge is 0.326 e. The Balaban J connectivity index is 2.11. The lowest BCUT2D eigenvalue weighted by Crippen LogP contribution is -2.42. The Morgan fingerprint density at radius 2 is 1.77 bits per heavy atom. The maximum atomic E-state index is 13.3. The molecular weight excluding hydrogens is 353 g/mol. The molecule has 0 aliphatic heterocycles. The van der Waals surface area contributed by atoms with Gasteiger partial charge in [-0.1, -0.05) is 19.0 Å². The van der Waals surface area contributed by atoms with Crippen LogP contribution >= 0.6 is 0 Å². The molecule has 0 radical (unpaired) electrons. The van der Waals surface area contributed by atoms with E-state index in [2.05, 4.69) is 10.5 Å². The van der Waals surface area contributed by atoms with E-state index in [1.807, 2.05) is 13.8 Å². The third kappa shape index (κ3) is 4.84. The largest absolute Gasteiger partial charge is 0.480 e. The standard InChI is InChI=1S/C17H17F3N2O4/c1-8(2)3-10-7-14(26-22-10)16(23)21-13(17(24)25)6-9-4-11(18)15(20)12(19)5-9/h4-5,7-8,13H,3,6H2,1-2H3,(H,21,23)(H,24,25)/t13-/m1/s1. The Kier molecular flexibility index (Phi) is 6.01. The number of carbonyl (C=O) groups excluding carboxylic acids is 1. The van der Waals surface area contributed by atoms with Crippen molar-refractivity contribution in [3.05, 3.63) is 52.7 Å². The maximum absolute atomic E-state index is 13.3. The Hall–Kier alpha value is -2.84. The Morgan fingerprint density at radius 1 is 1.15 bits per heavy atom. The Bertz CT molecular complexity index is 797. The zero-order valence-electron chi connectivity index (χ0n) is 14.1. The number of benzene rings is 1. The van der Waals surface area contributed by atoms with Crippen LogP contribution in [-0.2, 0) is 17.6 Å². The van der Waals surface area contributed by atoms with E-state index in [9.17, 15) is 27.9 Å². The van der Waals surface area contributed by atoms with Crippen LogP contribution in [0.5, 0.6) is 0 Å². The van der Waals surface area contributed by atoms with E-state index in [-0.39, 0.29) is 17.2 Å². The number of rotatable bonds is 7. The van der Waals surface area contributed by atoms with Crippen LogP contribution in [0.3, 0.4) is 0 Å². The molecule has 1 aromatic heterocycles. The predicted octanol–water partition coefficient (Wildman–Crippen LogP) is 2.72. The van der Waals surface area contributed by atoms with Gasteiger partial charge in [-0.25, -0.2) is 18.0 Å². The fraction of sp³-hybridized carbons (Fsp3) is 0.353. The van der Waals surface area contributed by atoms with Gasteiger partial charge in [0.15, 0.2) is 17.5 Å². The molecule has 26 heavy (non-hydrogen) atoms. The van der Waals surface area contributed by atoms with Crippen molar-refractivity contribution < 1.29 is 32.4 Å². The van der Waals surface area contributed by atoms with E-state index in [1.54, 1.807) is 0 Å². The summed E-state index contributed by atoms with van der Waals surface area (Å²) in [5.41, 5.74) is 0.423. The number of nitrogens with zero attached hydrogens (tertiary/aromatic N) is 1. The molecule has 1 atom stereocenters. The van der Waals surface area contributed by atoms with Gasteiger partial charge in [0.25, 0.3) is 5.91 Å². The van der Waals surface area contributed by atoms with Gasteiger partial charge in [-0.05, 0) is 30.0 Å². The van der Waals surface area contributed by atoms with Crippen molar-refractivity contribution in [1.29, 1.82) is 0 Å². The average molecular weight is 370 g/mol. The first-order chi connectivity index (χ1) is 12.2. The fourth-order valence-electron chi connectivity index (χ4n) is 2.32. The number of aromatic nitrogens is 1. The van der Waals surface area contributed by atoms with Crippen LogP contribution in [0.15, 0.2) is 22.7 Å². The van der Waals surface area contributed by atoms with Crippen molar-refractivity contribution in [3.8, 4) is 0 Å². The molecule has 1 amide bonds. The second-order valence-corrected chi connectivity index (χ2v) is 6.22. The van der Waals surface area contributed by atoms with Crippen LogP contribution in [0.1, 0.15) is 35.7 Å². The van der Waals surface area contributed by atoms with E-state index in [1.165, 1.54) is 6.07 Å². The van der Waals surface area contributed by atoms with Gasteiger partial charge in [0, 0.05) is 12.5 Å². The van der Waals surface area contributed by atoms with Crippen LogP contribution in [-0.4, -0.2) is 28.2 Å². The molecule has 9 heteroatoms. The number of carboxylic acid groups (broad SMARTS) is 1. The molecule has 0 fully saturated rings. The van der Waals surface area contributed by atoms with Gasteiger partial charge in [0.1, 0.15) is 6.04 Å². The summed E-state index contributed by atoms with van der Waals surface area (Å²) < 4.78 is 44.4. The Morgan fingerprint density at radius 3 is 2.31 bits per heavy atom. The van der Waals surface area contributed by atoms with Gasteiger partial charge in [-0.3, -0.25) is 4.79 Å². The monoisotopic (exact) mass is 370 g/mol. The van der Waals surface area contributed by atoms with Crippen molar-refractivity contribution in [2.45, 2.75) is 32.7 Å². The van der Waals surface area contributed by atoms with E-state index in [0.29, 0.717) is 24.2 Å². The lowest BCUT2D eigenvalue weighted by molar-refractivity contribution is -0.139. The molecule has 0 saturated carbocycles. The second-order valence-electron chi connectivity index (χ2n) is 6.22. The van der Waals surface area contributed by atoms with Crippen molar-refractivity contribution in [2.75, 3.05) is 0 Å². The molecule has 2 aromatic rings. The zero-order valence-corrected chi connectivity index (χ0v) is 14.1. The summed E-state index contributed by atoms with van der Waals surface area (Å²) in [6.45, 7) is 3.91. The number of aliphatic carboxylic acids is 1. The SMILES string of the molecule is CC(C)Cc1cc(C(=O)N[C@H](Cc2cc(F)c(F)c(F)c2)C(=O)O)on1. The highest BCUT2D eigenvalue weighted by molar-refractivity contribution is 5.94. The summed E-state index contributed by atoms with van der Waals surface area (Å²) in [6, 6.07) is 1.25. The van der Waals surface area contributed by atoms with E-state index >= 15 is 0 Å². The minimum atomic E-state index is -1.65. The summed E-state index contributed by atoms with van der Waals surface area (Å²) in [4.78, 5) is 23.5. The number of carboxylic acids is 1. The minimum absolute atomic E-state index is 0.118. The fourth-order valence-corrected chi connectivity index (χ4v) is 2.32. The van der Waals surface area contributed by atoms with Gasteiger partial charge < -0.3 is 14.9 Å². The van der Waals surface area contributed by atoms with Crippen molar-refractivity contribution in [3.63, 3.8) is 0 Å². The normalized spacial score (nSPS) is 12.2. The van der Waals surface area contributed by atoms with Crippen LogP contribution < -0.4 is 5.32 Å². The molecule has 6 nitrogen and oxygen atoms in total. The van der Waals surface area contributed by atoms with E-state index in [0.717, 1.165) is 0 Å². The lowest BCUT2D eigenvalue weighted by Gasteiger charge is -2.14. The number of halogens is 3. The van der Waals surface area contributed by atoms with Gasteiger partial charge in [0.05, 0.1) is 5.69 Å². The number of nitrogens with one attached hydrogen (secondary N) is 1. The molecule has 140 valence electrons. The van der Waals surface area contributed by atoms with Crippen molar-refractivity contribution in [2.24, 2.45) is 5.92 Å². The highest BCUT2D eigenvalue weighted by atomic mass is 19.2. The highest BCUT2D eigenvalue weighted by Crippen LogP contribution is 2.15. The maximum Gasteiger partial charge on any atom is 0.326 e. The molecule has 0 unspecified atom stereocenters. The molecule has 2 N–H and O–H groups in total. The van der Waals surface area contributed by atoms with E-state index < -0.39 is 41.8 Å². The topological polar surface area (TPSA) is 92.4 Å². The van der Waals surface area contributed by atoms with Crippen LogP contribution in [0.2, 0.25) is 0 Å². The molecule has 0 bridgehead atoms. The number of hydrogen-bond donors (Lipinski definition) is 2. The highest BCUT2D eigenvalue weighted by Gasteiger charge is 2.24. The molecule has 1 aromatic carbocycles. The predicted molar refractivity (Wildman–Crippen MR) is 84.0 cm³/mol. The number of carbonyl (C=O) groups is 2. The van der Waals surface area contributed by atoms with Crippen LogP contribution in [0.4, 0.5) is 13.2 Å². The Labute approximate surface area is 147 Å². The van der Waals surface area contributed by atoms with Gasteiger partial charge in [0.2, 0.25) is 5.76 Å². The van der Waals surface area contributed by atoms with Crippen LogP contribution in [0.25, 0.3) is 0 Å². The first kappa shape index (κ1) is 19.5. The zero-order chi connectivity index (χ0) is 19.4. The molecule has 1 heterocycles. The molecule has 0 spiro atoms. The third-order valence-electron chi connectivity index (χ3n) is 3.49. The van der Waals surface area contributed by atoms with Crippen molar-refractivity contribution >= 4 is 11.9 Å². The summed E-state index contributed by atoms with van der Waals surface area (Å²) >= 11 is 0. The number of hydrogen-bond acceptors (Lipinski definition) is 4. The first-order valence-corrected chi connectivity index (χ1v) is 7.80. The van der Waals surface area contributed by atoms with Gasteiger partial charge >= 0.3 is 5.97 Å².